The molecule has 2 aromatic rings. The number of rotatable bonds is 4. The third kappa shape index (κ3) is 2.97. The average molecular weight is 277 g/mol. The summed E-state index contributed by atoms with van der Waals surface area (Å²) in [5.41, 5.74) is 0. The van der Waals surface area contributed by atoms with Gasteiger partial charge in [-0.15, -0.1) is 11.3 Å². The Balaban J connectivity index is 2.24. The van der Waals surface area contributed by atoms with Gasteiger partial charge >= 0.3 is 5.97 Å². The summed E-state index contributed by atoms with van der Waals surface area (Å²) in [5.74, 6) is -2.03. The van der Waals surface area contributed by atoms with E-state index in [-0.39, 0.29) is 6.61 Å². The highest BCUT2D eigenvalue weighted by atomic mass is 32.1. The van der Waals surface area contributed by atoms with Crippen molar-refractivity contribution in [1.29, 1.82) is 0 Å². The Labute approximate surface area is 113 Å². The van der Waals surface area contributed by atoms with Crippen molar-refractivity contribution >= 4 is 33.2 Å². The second-order valence-corrected chi connectivity index (χ2v) is 4.72. The predicted octanol–water partition coefficient (Wildman–Crippen LogP) is 2.48. The van der Waals surface area contributed by atoms with Gasteiger partial charge in [-0.3, -0.25) is 9.78 Å². The molecule has 2 rings (SSSR count). The van der Waals surface area contributed by atoms with Crippen LogP contribution in [0.4, 0.5) is 0 Å². The smallest absolute Gasteiger partial charge is 0.373 e. The minimum absolute atomic E-state index is 0.138. The first-order valence-corrected chi connectivity index (χ1v) is 6.39. The number of aliphatic hydroxyl groups excluding tert-OH is 1. The molecule has 0 amide bonds. The standard InChI is InChI=1S/C13H11NO4S/c1-2-18-13(17)10(16)6-9(15)12-5-8-7-14-4-3-11(8)19-12/h3-7,16H,2H2,1H3/b10-6-. The molecule has 0 bridgehead atoms. The van der Waals surface area contributed by atoms with E-state index in [2.05, 4.69) is 9.72 Å². The van der Waals surface area contributed by atoms with Crippen LogP contribution in [-0.2, 0) is 9.53 Å². The van der Waals surface area contributed by atoms with Gasteiger partial charge in [0.1, 0.15) is 0 Å². The average Bonchev–Trinajstić information content (AvgIpc) is 2.82. The number of thiophene rings is 1. The molecule has 0 aliphatic rings. The zero-order valence-electron chi connectivity index (χ0n) is 10.1. The molecule has 2 aromatic heterocycles. The summed E-state index contributed by atoms with van der Waals surface area (Å²) in [4.78, 5) is 27.4. The molecule has 0 aliphatic carbocycles. The molecule has 5 nitrogen and oxygen atoms in total. The van der Waals surface area contributed by atoms with Crippen LogP contribution in [0, 0.1) is 0 Å². The first-order valence-electron chi connectivity index (χ1n) is 5.57. The van der Waals surface area contributed by atoms with Gasteiger partial charge in [-0.2, -0.15) is 0 Å². The Kier molecular flexibility index (Phi) is 3.91. The van der Waals surface area contributed by atoms with Crippen molar-refractivity contribution < 1.29 is 19.4 Å². The summed E-state index contributed by atoms with van der Waals surface area (Å²) in [6.45, 7) is 1.76. The van der Waals surface area contributed by atoms with Crippen LogP contribution < -0.4 is 0 Å². The fourth-order valence-corrected chi connectivity index (χ4v) is 2.41. The Morgan fingerprint density at radius 3 is 3.00 bits per heavy atom. The summed E-state index contributed by atoms with van der Waals surface area (Å²) in [7, 11) is 0. The van der Waals surface area contributed by atoms with Crippen molar-refractivity contribution in [3.63, 3.8) is 0 Å². The number of pyridine rings is 1. The number of fused-ring (bicyclic) bond motifs is 1. The fraction of sp³-hybridized carbons (Fsp3) is 0.154. The number of ether oxygens (including phenoxy) is 1. The molecular weight excluding hydrogens is 266 g/mol. The normalized spacial score (nSPS) is 11.5. The molecule has 0 saturated heterocycles. The van der Waals surface area contributed by atoms with Crippen molar-refractivity contribution in [3.05, 3.63) is 41.2 Å². The van der Waals surface area contributed by atoms with E-state index in [1.807, 2.05) is 0 Å². The first kappa shape index (κ1) is 13.2. The monoisotopic (exact) mass is 277 g/mol. The molecule has 0 aliphatic heterocycles. The van der Waals surface area contributed by atoms with Gasteiger partial charge in [-0.1, -0.05) is 0 Å². The van der Waals surface area contributed by atoms with Crippen molar-refractivity contribution in [2.75, 3.05) is 6.61 Å². The van der Waals surface area contributed by atoms with Gasteiger partial charge in [0.15, 0.2) is 5.78 Å². The Bertz CT molecular complexity index is 626. The number of carbonyl (C=O) groups excluding carboxylic acids is 2. The molecule has 2 heterocycles. The van der Waals surface area contributed by atoms with Crippen LogP contribution >= 0.6 is 11.3 Å². The van der Waals surface area contributed by atoms with E-state index in [9.17, 15) is 14.7 Å². The molecule has 98 valence electrons. The number of aliphatic hydroxyl groups is 1. The Morgan fingerprint density at radius 1 is 1.53 bits per heavy atom. The molecule has 0 atom stereocenters. The number of carbonyl (C=O) groups is 2. The van der Waals surface area contributed by atoms with E-state index >= 15 is 0 Å². The van der Waals surface area contributed by atoms with Gasteiger partial charge in [0.25, 0.3) is 0 Å². The molecule has 0 fully saturated rings. The number of hydrogen-bond acceptors (Lipinski definition) is 6. The van der Waals surface area contributed by atoms with E-state index in [0.717, 1.165) is 16.2 Å². The molecule has 0 unspecified atom stereocenters. The highest BCUT2D eigenvalue weighted by Gasteiger charge is 2.14. The first-order chi connectivity index (χ1) is 9.11. The molecule has 0 radical (unpaired) electrons. The summed E-state index contributed by atoms with van der Waals surface area (Å²) < 4.78 is 5.50. The van der Waals surface area contributed by atoms with E-state index in [1.165, 1.54) is 11.3 Å². The van der Waals surface area contributed by atoms with E-state index < -0.39 is 17.5 Å². The zero-order valence-corrected chi connectivity index (χ0v) is 10.9. The molecule has 0 spiro atoms. The van der Waals surface area contributed by atoms with Gasteiger partial charge in [0.2, 0.25) is 5.76 Å². The van der Waals surface area contributed by atoms with Crippen LogP contribution in [0.5, 0.6) is 0 Å². The van der Waals surface area contributed by atoms with Crippen LogP contribution in [-0.4, -0.2) is 28.4 Å². The second-order valence-electron chi connectivity index (χ2n) is 3.64. The maximum absolute atomic E-state index is 11.9. The molecule has 6 heteroatoms. The quantitative estimate of drug-likeness (QED) is 0.402. The van der Waals surface area contributed by atoms with Crippen LogP contribution in [0.15, 0.2) is 36.4 Å². The van der Waals surface area contributed by atoms with Crippen LogP contribution in [0.1, 0.15) is 16.6 Å². The number of esters is 1. The van der Waals surface area contributed by atoms with E-state index in [4.69, 9.17) is 0 Å². The molecule has 1 N–H and O–H groups in total. The van der Waals surface area contributed by atoms with Gasteiger partial charge in [-0.25, -0.2) is 4.79 Å². The summed E-state index contributed by atoms with van der Waals surface area (Å²) >= 11 is 1.28. The maximum atomic E-state index is 11.9. The molecule has 0 saturated carbocycles. The van der Waals surface area contributed by atoms with Gasteiger partial charge in [0.05, 0.1) is 11.5 Å². The second kappa shape index (κ2) is 5.62. The Morgan fingerprint density at radius 2 is 2.32 bits per heavy atom. The SMILES string of the molecule is CCOC(=O)/C(O)=C/C(=O)c1cc2cnccc2s1. The van der Waals surface area contributed by atoms with Crippen LogP contribution in [0.2, 0.25) is 0 Å². The number of ketones is 1. The van der Waals surface area contributed by atoms with Gasteiger partial charge in [0, 0.05) is 28.6 Å². The predicted molar refractivity (Wildman–Crippen MR) is 71.3 cm³/mol. The largest absolute Gasteiger partial charge is 0.502 e. The zero-order chi connectivity index (χ0) is 13.8. The summed E-state index contributed by atoms with van der Waals surface area (Å²) in [6, 6.07) is 3.47. The summed E-state index contributed by atoms with van der Waals surface area (Å²) in [6.07, 6.45) is 4.16. The van der Waals surface area contributed by atoms with Gasteiger partial charge < -0.3 is 9.84 Å². The van der Waals surface area contributed by atoms with Crippen LogP contribution in [0.25, 0.3) is 10.1 Å². The van der Waals surface area contributed by atoms with Crippen LogP contribution in [0.3, 0.4) is 0 Å². The lowest BCUT2D eigenvalue weighted by Crippen LogP contribution is -2.08. The highest BCUT2D eigenvalue weighted by Crippen LogP contribution is 2.25. The lowest BCUT2D eigenvalue weighted by Gasteiger charge is -1.98. The maximum Gasteiger partial charge on any atom is 0.373 e. The lowest BCUT2D eigenvalue weighted by atomic mass is 10.2. The van der Waals surface area contributed by atoms with Gasteiger partial charge in [-0.05, 0) is 19.1 Å². The van der Waals surface area contributed by atoms with Crippen molar-refractivity contribution in [2.45, 2.75) is 6.92 Å². The number of allylic oxidation sites excluding steroid dienone is 1. The van der Waals surface area contributed by atoms with E-state index in [0.29, 0.717) is 4.88 Å². The highest BCUT2D eigenvalue weighted by molar-refractivity contribution is 7.20. The minimum Gasteiger partial charge on any atom is -0.502 e. The Hall–Kier alpha value is -2.21. The number of hydrogen-bond donors (Lipinski definition) is 1. The number of aromatic nitrogens is 1. The third-order valence-electron chi connectivity index (χ3n) is 2.31. The lowest BCUT2D eigenvalue weighted by molar-refractivity contribution is -0.141. The van der Waals surface area contributed by atoms with Crippen molar-refractivity contribution in [2.24, 2.45) is 0 Å². The number of nitrogens with zero attached hydrogens (tertiary/aromatic N) is 1. The minimum atomic E-state index is -0.904. The molecular formula is C13H11NO4S. The molecule has 19 heavy (non-hydrogen) atoms. The summed E-state index contributed by atoms with van der Waals surface area (Å²) in [5, 5.41) is 10.3. The topological polar surface area (TPSA) is 76.5 Å². The van der Waals surface area contributed by atoms with E-state index in [1.54, 1.807) is 31.5 Å². The fourth-order valence-electron chi connectivity index (χ4n) is 1.47. The van der Waals surface area contributed by atoms with Crippen molar-refractivity contribution in [1.82, 2.24) is 4.98 Å². The van der Waals surface area contributed by atoms with Crippen molar-refractivity contribution in [3.8, 4) is 0 Å². The third-order valence-corrected chi connectivity index (χ3v) is 3.44. The molecule has 0 aromatic carbocycles.